The monoisotopic (exact) mass is 362 g/mol. The minimum atomic E-state index is -3.30. The molecule has 134 valence electrons. The molecule has 0 bridgehead atoms. The second-order valence-corrected chi connectivity index (χ2v) is 7.73. The Balaban J connectivity index is 1.85. The van der Waals surface area contributed by atoms with Crippen molar-refractivity contribution in [1.29, 1.82) is 0 Å². The van der Waals surface area contributed by atoms with Crippen LogP contribution in [0.15, 0.2) is 48.5 Å². The van der Waals surface area contributed by atoms with Crippen molar-refractivity contribution in [1.82, 2.24) is 5.32 Å². The predicted octanol–water partition coefficient (Wildman–Crippen LogP) is 2.09. The van der Waals surface area contributed by atoms with E-state index in [1.54, 1.807) is 24.3 Å². The number of carbonyl (C=O) groups is 1. The van der Waals surface area contributed by atoms with E-state index in [1.807, 2.05) is 31.2 Å². The Morgan fingerprint density at radius 1 is 1.12 bits per heavy atom. The number of nitrogens with zero attached hydrogens (tertiary/aromatic N) is 1. The van der Waals surface area contributed by atoms with Crippen molar-refractivity contribution in [3.05, 3.63) is 59.7 Å². The zero-order valence-electron chi connectivity index (χ0n) is 14.5. The summed E-state index contributed by atoms with van der Waals surface area (Å²) in [6.07, 6.45) is 1.14. The quantitative estimate of drug-likeness (QED) is 0.818. The summed E-state index contributed by atoms with van der Waals surface area (Å²) in [4.78, 5) is 11.9. The molecule has 0 aromatic heterocycles. The number of benzene rings is 2. The first kappa shape index (κ1) is 18.8. The number of anilines is 1. The van der Waals surface area contributed by atoms with Gasteiger partial charge >= 0.3 is 0 Å². The summed E-state index contributed by atoms with van der Waals surface area (Å²) in [5.74, 6) is 0.275. The molecule has 0 saturated heterocycles. The average molecular weight is 362 g/mol. The average Bonchev–Trinajstić information content (AvgIpc) is 2.58. The number of amides is 1. The van der Waals surface area contributed by atoms with Gasteiger partial charge in [-0.3, -0.25) is 9.10 Å². The van der Waals surface area contributed by atoms with Crippen molar-refractivity contribution in [2.45, 2.75) is 13.5 Å². The number of ether oxygens (including phenoxy) is 1. The zero-order chi connectivity index (χ0) is 18.4. The highest BCUT2D eigenvalue weighted by Crippen LogP contribution is 2.20. The fourth-order valence-corrected chi connectivity index (χ4v) is 2.65. The molecular formula is C18H22N2O4S. The zero-order valence-corrected chi connectivity index (χ0v) is 15.3. The number of hydrogen-bond acceptors (Lipinski definition) is 4. The van der Waals surface area contributed by atoms with Crippen molar-refractivity contribution in [2.24, 2.45) is 0 Å². The van der Waals surface area contributed by atoms with E-state index in [0.29, 0.717) is 18.0 Å². The van der Waals surface area contributed by atoms with Crippen LogP contribution in [0.5, 0.6) is 5.75 Å². The van der Waals surface area contributed by atoms with Crippen LogP contribution in [0.25, 0.3) is 0 Å². The molecule has 7 heteroatoms. The molecule has 1 amide bonds. The van der Waals surface area contributed by atoms with Crippen LogP contribution in [0.3, 0.4) is 0 Å². The van der Waals surface area contributed by atoms with Gasteiger partial charge in [0.05, 0.1) is 11.9 Å². The first-order valence-corrected chi connectivity index (χ1v) is 9.60. The highest BCUT2D eigenvalue weighted by atomic mass is 32.2. The largest absolute Gasteiger partial charge is 0.484 e. The van der Waals surface area contributed by atoms with Crippen LogP contribution in [0.1, 0.15) is 11.1 Å². The molecule has 0 spiro atoms. The molecule has 0 radical (unpaired) electrons. The highest BCUT2D eigenvalue weighted by molar-refractivity contribution is 7.92. The van der Waals surface area contributed by atoms with Crippen LogP contribution in [-0.4, -0.2) is 34.2 Å². The van der Waals surface area contributed by atoms with Crippen molar-refractivity contribution in [2.75, 3.05) is 24.2 Å². The van der Waals surface area contributed by atoms with Crippen LogP contribution in [0, 0.1) is 6.92 Å². The van der Waals surface area contributed by atoms with Crippen LogP contribution in [-0.2, 0) is 21.4 Å². The molecule has 0 unspecified atom stereocenters. The van der Waals surface area contributed by atoms with Gasteiger partial charge in [-0.05, 0) is 42.3 Å². The normalized spacial score (nSPS) is 11.0. The lowest BCUT2D eigenvalue weighted by Gasteiger charge is -2.16. The number of sulfonamides is 1. The summed E-state index contributed by atoms with van der Waals surface area (Å²) in [5.41, 5.74) is 2.71. The summed E-state index contributed by atoms with van der Waals surface area (Å²) in [6.45, 7) is 2.34. The van der Waals surface area contributed by atoms with E-state index < -0.39 is 10.0 Å². The van der Waals surface area contributed by atoms with Gasteiger partial charge in [0.2, 0.25) is 10.0 Å². The molecule has 6 nitrogen and oxygen atoms in total. The summed E-state index contributed by atoms with van der Waals surface area (Å²) in [7, 11) is -1.83. The Bertz CT molecular complexity index is 832. The number of nitrogens with one attached hydrogen (secondary N) is 1. The molecule has 0 saturated carbocycles. The van der Waals surface area contributed by atoms with Crippen LogP contribution in [0.2, 0.25) is 0 Å². The molecule has 2 aromatic rings. The van der Waals surface area contributed by atoms with Gasteiger partial charge in [-0.25, -0.2) is 8.42 Å². The molecule has 0 aliphatic carbocycles. The third-order valence-electron chi connectivity index (χ3n) is 3.80. The van der Waals surface area contributed by atoms with Gasteiger partial charge in [0.25, 0.3) is 5.91 Å². The Hall–Kier alpha value is -2.54. The first-order valence-electron chi connectivity index (χ1n) is 7.75. The molecule has 0 aliphatic heterocycles. The molecule has 2 rings (SSSR count). The Morgan fingerprint density at radius 2 is 1.76 bits per heavy atom. The van der Waals surface area contributed by atoms with E-state index in [1.165, 1.54) is 11.4 Å². The maximum Gasteiger partial charge on any atom is 0.258 e. The fourth-order valence-electron chi connectivity index (χ4n) is 2.15. The summed E-state index contributed by atoms with van der Waals surface area (Å²) >= 11 is 0. The van der Waals surface area contributed by atoms with E-state index >= 15 is 0 Å². The first-order chi connectivity index (χ1) is 11.8. The number of aryl methyl sites for hydroxylation is 1. The van der Waals surface area contributed by atoms with Crippen molar-refractivity contribution in [3.63, 3.8) is 0 Å². The topological polar surface area (TPSA) is 75.7 Å². The lowest BCUT2D eigenvalue weighted by atomic mass is 10.1. The van der Waals surface area contributed by atoms with Crippen molar-refractivity contribution < 1.29 is 17.9 Å². The summed E-state index contributed by atoms with van der Waals surface area (Å²) in [5, 5.41) is 2.81. The van der Waals surface area contributed by atoms with Crippen LogP contribution in [0.4, 0.5) is 5.69 Å². The maximum absolute atomic E-state index is 11.9. The molecule has 1 N–H and O–H groups in total. The van der Waals surface area contributed by atoms with Crippen LogP contribution >= 0.6 is 0 Å². The number of carbonyl (C=O) groups excluding carboxylic acids is 1. The van der Waals surface area contributed by atoms with E-state index in [-0.39, 0.29) is 12.5 Å². The molecule has 0 heterocycles. The molecule has 2 aromatic carbocycles. The summed E-state index contributed by atoms with van der Waals surface area (Å²) < 4.78 is 29.6. The third kappa shape index (κ3) is 5.49. The summed E-state index contributed by atoms with van der Waals surface area (Å²) in [6, 6.07) is 14.4. The number of hydrogen-bond donors (Lipinski definition) is 1. The van der Waals surface area contributed by atoms with Gasteiger partial charge in [0, 0.05) is 13.6 Å². The molecule has 25 heavy (non-hydrogen) atoms. The minimum absolute atomic E-state index is 0.104. The van der Waals surface area contributed by atoms with Crippen molar-refractivity contribution >= 4 is 21.6 Å². The number of rotatable bonds is 7. The smallest absolute Gasteiger partial charge is 0.258 e. The predicted molar refractivity (Wildman–Crippen MR) is 98.2 cm³/mol. The van der Waals surface area contributed by atoms with Crippen molar-refractivity contribution in [3.8, 4) is 5.75 Å². The second-order valence-electron chi connectivity index (χ2n) is 5.72. The highest BCUT2D eigenvalue weighted by Gasteiger charge is 2.11. The lowest BCUT2D eigenvalue weighted by molar-refractivity contribution is -0.123. The standard InChI is InChI=1S/C18H22N2O4S/c1-14-6-4-5-7-15(14)12-19-18(21)13-24-17-10-8-16(9-11-17)20(2)25(3,22)23/h4-11H,12-13H2,1-3H3,(H,19,21). The molecule has 0 fully saturated rings. The van der Waals surface area contributed by atoms with E-state index in [9.17, 15) is 13.2 Å². The van der Waals surface area contributed by atoms with Gasteiger partial charge < -0.3 is 10.1 Å². The van der Waals surface area contributed by atoms with Gasteiger partial charge in [0.15, 0.2) is 6.61 Å². The molecule has 0 atom stereocenters. The van der Waals surface area contributed by atoms with E-state index in [0.717, 1.165) is 17.4 Å². The van der Waals surface area contributed by atoms with Gasteiger partial charge in [-0.2, -0.15) is 0 Å². The minimum Gasteiger partial charge on any atom is -0.484 e. The van der Waals surface area contributed by atoms with E-state index in [2.05, 4.69) is 5.32 Å². The maximum atomic E-state index is 11.9. The van der Waals surface area contributed by atoms with Gasteiger partial charge in [-0.15, -0.1) is 0 Å². The van der Waals surface area contributed by atoms with E-state index in [4.69, 9.17) is 4.74 Å². The van der Waals surface area contributed by atoms with Gasteiger partial charge in [-0.1, -0.05) is 24.3 Å². The Morgan fingerprint density at radius 3 is 2.36 bits per heavy atom. The lowest BCUT2D eigenvalue weighted by Crippen LogP contribution is -2.28. The third-order valence-corrected chi connectivity index (χ3v) is 5.01. The molecule has 0 aliphatic rings. The molecular weight excluding hydrogens is 340 g/mol. The fraction of sp³-hybridized carbons (Fsp3) is 0.278. The Kier molecular flexibility index (Phi) is 6.03. The second kappa shape index (κ2) is 8.02. The SMILES string of the molecule is Cc1ccccc1CNC(=O)COc1ccc(N(C)S(C)(=O)=O)cc1. The Labute approximate surface area is 148 Å². The van der Waals surface area contributed by atoms with Crippen LogP contribution < -0.4 is 14.4 Å². The van der Waals surface area contributed by atoms with Gasteiger partial charge in [0.1, 0.15) is 5.75 Å².